The quantitative estimate of drug-likeness (QED) is 0.130. The van der Waals surface area contributed by atoms with E-state index in [9.17, 15) is 9.59 Å². The van der Waals surface area contributed by atoms with Crippen molar-refractivity contribution in [2.24, 2.45) is 0 Å². The van der Waals surface area contributed by atoms with Crippen LogP contribution in [0.5, 0.6) is 0 Å². The van der Waals surface area contributed by atoms with Gasteiger partial charge in [-0.25, -0.2) is 9.59 Å². The monoisotopic (exact) mass is 532 g/mol. The number of hydrogen-bond acceptors (Lipinski definition) is 4. The Morgan fingerprint density at radius 2 is 0.800 bits per heavy atom. The zero-order valence-corrected chi connectivity index (χ0v) is 24.1. The lowest BCUT2D eigenvalue weighted by Gasteiger charge is -2.21. The first kappa shape index (κ1) is 28.6. The Labute approximate surface area is 237 Å². The highest BCUT2D eigenvalue weighted by molar-refractivity contribution is 6.02. The molecule has 0 amide bonds. The molecule has 0 atom stereocenters. The lowest BCUT2D eigenvalue weighted by molar-refractivity contribution is 0.0646. The van der Waals surface area contributed by atoms with Crippen LogP contribution in [-0.4, -0.2) is 11.9 Å². The third-order valence-corrected chi connectivity index (χ3v) is 7.21. The summed E-state index contributed by atoms with van der Waals surface area (Å²) in [5, 5.41) is 0. The Balaban J connectivity index is 1.94. The Kier molecular flexibility index (Phi) is 9.00. The van der Waals surface area contributed by atoms with E-state index >= 15 is 0 Å². The molecule has 0 unspecified atom stereocenters. The minimum Gasteiger partial charge on any atom is -0.418 e. The number of carbonyl (C=O) groups excluding carboxylic acids is 2. The van der Waals surface area contributed by atoms with Crippen LogP contribution in [0.2, 0.25) is 0 Å². The van der Waals surface area contributed by atoms with Crippen LogP contribution < -0.4 is 0 Å². The molecule has 0 bridgehead atoms. The van der Waals surface area contributed by atoms with Crippen molar-refractivity contribution in [3.8, 4) is 0 Å². The van der Waals surface area contributed by atoms with E-state index in [1.54, 1.807) is 24.3 Å². The summed E-state index contributed by atoms with van der Waals surface area (Å²) in [7, 11) is 0. The molecule has 0 aliphatic rings. The fourth-order valence-electron chi connectivity index (χ4n) is 4.82. The van der Waals surface area contributed by atoms with Crippen molar-refractivity contribution in [3.63, 3.8) is 0 Å². The van der Waals surface area contributed by atoms with Gasteiger partial charge in [-0.2, -0.15) is 0 Å². The number of ether oxygens (including phenoxy) is 2. The maximum Gasteiger partial charge on any atom is 0.343 e. The Hall–Kier alpha value is -4.44. The van der Waals surface area contributed by atoms with Gasteiger partial charge in [0.05, 0.1) is 11.1 Å². The predicted octanol–water partition coefficient (Wildman–Crippen LogP) is 8.58. The standard InChI is InChI=1S/C36H36O4/c1-7-27-15-19-29(20-16-27)35(37)39-33(31-23(3)11-9-12-24(31)4)34(32-25(5)13-10-14-26(32)6)40-36(38)30-21-17-28(8-2)18-22-30/h9-22H,7-8H2,1-6H3/b34-33+. The van der Waals surface area contributed by atoms with Crippen molar-refractivity contribution < 1.29 is 19.1 Å². The highest BCUT2D eigenvalue weighted by Crippen LogP contribution is 2.36. The molecule has 0 aliphatic heterocycles. The molecule has 4 heteroatoms. The Bertz CT molecular complexity index is 1400. The van der Waals surface area contributed by atoms with Gasteiger partial charge in [0.2, 0.25) is 0 Å². The van der Waals surface area contributed by atoms with Crippen LogP contribution in [0.15, 0.2) is 84.9 Å². The van der Waals surface area contributed by atoms with Crippen LogP contribution in [0.1, 0.15) is 79.1 Å². The minimum absolute atomic E-state index is 0.219. The number of rotatable bonds is 8. The molecule has 4 aromatic carbocycles. The molecular formula is C36H36O4. The normalized spacial score (nSPS) is 11.6. The molecule has 0 heterocycles. The number of esters is 2. The molecule has 0 aromatic heterocycles. The van der Waals surface area contributed by atoms with Crippen LogP contribution in [0, 0.1) is 27.7 Å². The largest absolute Gasteiger partial charge is 0.418 e. The number of benzene rings is 4. The van der Waals surface area contributed by atoms with Gasteiger partial charge >= 0.3 is 11.9 Å². The van der Waals surface area contributed by atoms with Crippen LogP contribution in [0.4, 0.5) is 0 Å². The average Bonchev–Trinajstić information content (AvgIpc) is 2.95. The fourth-order valence-corrected chi connectivity index (χ4v) is 4.82. The molecule has 4 rings (SSSR count). The summed E-state index contributed by atoms with van der Waals surface area (Å²) in [6.07, 6.45) is 1.74. The SMILES string of the molecule is CCc1ccc(C(=O)O/C(=C(/OC(=O)c2ccc(CC)cc2)c2c(C)cccc2C)c2c(C)cccc2C)cc1. The van der Waals surface area contributed by atoms with Crippen molar-refractivity contribution in [2.75, 3.05) is 0 Å². The van der Waals surface area contributed by atoms with Crippen LogP contribution in [0.3, 0.4) is 0 Å². The second kappa shape index (κ2) is 12.6. The lowest BCUT2D eigenvalue weighted by Crippen LogP contribution is -2.13. The van der Waals surface area contributed by atoms with E-state index in [0.29, 0.717) is 22.3 Å². The molecule has 0 fully saturated rings. The first-order valence-electron chi connectivity index (χ1n) is 13.7. The summed E-state index contributed by atoms with van der Waals surface area (Å²) in [6.45, 7) is 12.0. The molecule has 204 valence electrons. The summed E-state index contributed by atoms with van der Waals surface area (Å²) >= 11 is 0. The van der Waals surface area contributed by atoms with E-state index in [-0.39, 0.29) is 11.5 Å². The van der Waals surface area contributed by atoms with Gasteiger partial charge in [0.1, 0.15) is 0 Å². The van der Waals surface area contributed by atoms with Crippen molar-refractivity contribution in [1.82, 2.24) is 0 Å². The second-order valence-corrected chi connectivity index (χ2v) is 10.1. The van der Waals surface area contributed by atoms with Crippen LogP contribution in [0.25, 0.3) is 11.5 Å². The smallest absolute Gasteiger partial charge is 0.343 e. The topological polar surface area (TPSA) is 52.6 Å². The zero-order valence-electron chi connectivity index (χ0n) is 24.1. The van der Waals surface area contributed by atoms with Gasteiger partial charge in [0, 0.05) is 11.1 Å². The summed E-state index contributed by atoms with van der Waals surface area (Å²) in [5.41, 5.74) is 8.12. The zero-order chi connectivity index (χ0) is 28.8. The Morgan fingerprint density at radius 1 is 0.500 bits per heavy atom. The van der Waals surface area contributed by atoms with E-state index in [4.69, 9.17) is 9.47 Å². The first-order valence-corrected chi connectivity index (χ1v) is 13.7. The third kappa shape index (κ3) is 6.23. The van der Waals surface area contributed by atoms with E-state index in [0.717, 1.165) is 46.2 Å². The lowest BCUT2D eigenvalue weighted by atomic mass is 9.95. The number of aryl methyl sites for hydroxylation is 6. The first-order chi connectivity index (χ1) is 19.2. The van der Waals surface area contributed by atoms with E-state index in [1.165, 1.54) is 0 Å². The highest BCUT2D eigenvalue weighted by Gasteiger charge is 2.27. The van der Waals surface area contributed by atoms with Crippen molar-refractivity contribution in [3.05, 3.63) is 141 Å². The van der Waals surface area contributed by atoms with Crippen LogP contribution >= 0.6 is 0 Å². The highest BCUT2D eigenvalue weighted by atomic mass is 16.6. The molecule has 40 heavy (non-hydrogen) atoms. The van der Waals surface area contributed by atoms with E-state index in [2.05, 4.69) is 13.8 Å². The van der Waals surface area contributed by atoms with Crippen molar-refractivity contribution >= 4 is 23.5 Å². The maximum absolute atomic E-state index is 13.6. The molecule has 4 aromatic rings. The van der Waals surface area contributed by atoms with Gasteiger partial charge in [-0.1, -0.05) is 74.5 Å². The summed E-state index contributed by atoms with van der Waals surface area (Å²) in [6, 6.07) is 26.5. The average molecular weight is 533 g/mol. The van der Waals surface area contributed by atoms with Gasteiger partial charge < -0.3 is 9.47 Å². The van der Waals surface area contributed by atoms with Gasteiger partial charge in [-0.3, -0.25) is 0 Å². The van der Waals surface area contributed by atoms with Gasteiger partial charge in [-0.15, -0.1) is 0 Å². The summed E-state index contributed by atoms with van der Waals surface area (Å²) in [4.78, 5) is 27.2. The number of hydrogen-bond donors (Lipinski definition) is 0. The third-order valence-electron chi connectivity index (χ3n) is 7.21. The fraction of sp³-hybridized carbons (Fsp3) is 0.222. The van der Waals surface area contributed by atoms with Gasteiger partial charge in [0.15, 0.2) is 11.5 Å². The molecular weight excluding hydrogens is 496 g/mol. The molecule has 0 aliphatic carbocycles. The molecule has 0 N–H and O–H groups in total. The molecule has 4 nitrogen and oxygen atoms in total. The molecule has 0 spiro atoms. The Morgan fingerprint density at radius 3 is 1.07 bits per heavy atom. The van der Waals surface area contributed by atoms with Crippen LogP contribution in [-0.2, 0) is 22.3 Å². The second-order valence-electron chi connectivity index (χ2n) is 10.1. The van der Waals surface area contributed by atoms with E-state index < -0.39 is 11.9 Å². The van der Waals surface area contributed by atoms with Crippen molar-refractivity contribution in [2.45, 2.75) is 54.4 Å². The molecule has 0 radical (unpaired) electrons. The number of carbonyl (C=O) groups is 2. The summed E-state index contributed by atoms with van der Waals surface area (Å²) in [5.74, 6) is -0.605. The molecule has 0 saturated carbocycles. The summed E-state index contributed by atoms with van der Waals surface area (Å²) < 4.78 is 12.4. The maximum atomic E-state index is 13.6. The molecule has 0 saturated heterocycles. The van der Waals surface area contributed by atoms with Gasteiger partial charge in [0.25, 0.3) is 0 Å². The van der Waals surface area contributed by atoms with Gasteiger partial charge in [-0.05, 0) is 98.2 Å². The van der Waals surface area contributed by atoms with E-state index in [1.807, 2.05) is 88.4 Å². The minimum atomic E-state index is -0.521. The predicted molar refractivity (Wildman–Crippen MR) is 161 cm³/mol. The van der Waals surface area contributed by atoms with Crippen molar-refractivity contribution in [1.29, 1.82) is 0 Å².